The van der Waals surface area contributed by atoms with Gasteiger partial charge in [-0.2, -0.15) is 0 Å². The van der Waals surface area contributed by atoms with E-state index in [-0.39, 0.29) is 0 Å². The minimum absolute atomic E-state index is 1.52. The maximum Gasteiger partial charge on any atom is 0.113 e. The summed E-state index contributed by atoms with van der Waals surface area (Å²) in [5.41, 5.74) is 9.67. The van der Waals surface area contributed by atoms with Crippen LogP contribution in [0.3, 0.4) is 0 Å². The fraction of sp³-hybridized carbons (Fsp3) is 0.250. The smallest absolute Gasteiger partial charge is 0.0623 e. The topological polar surface area (TPSA) is 0 Å². The van der Waals surface area contributed by atoms with Crippen LogP contribution in [0.25, 0.3) is 31.2 Å². The molecule has 0 nitrogen and oxygen atoms in total. The lowest BCUT2D eigenvalue weighted by Gasteiger charge is -2.30. The molecule has 54 heavy (non-hydrogen) atoms. The predicted molar refractivity (Wildman–Crippen MR) is 255 cm³/mol. The monoisotopic (exact) mass is 798 g/mol. The van der Waals surface area contributed by atoms with Gasteiger partial charge in [0.2, 0.25) is 0 Å². The van der Waals surface area contributed by atoms with Crippen molar-refractivity contribution in [3.63, 3.8) is 0 Å². The first kappa shape index (κ1) is 35.1. The van der Waals surface area contributed by atoms with Gasteiger partial charge in [-0.05, 0) is 95.7 Å². The fourth-order valence-electron chi connectivity index (χ4n) is 12.5. The van der Waals surface area contributed by atoms with Crippen molar-refractivity contribution in [3.05, 3.63) is 143 Å². The van der Waals surface area contributed by atoms with Crippen LogP contribution >= 0.6 is 0 Å². The summed E-state index contributed by atoms with van der Waals surface area (Å²) in [6.45, 7) is 31.1. The molecule has 0 spiro atoms. The van der Waals surface area contributed by atoms with E-state index in [1.165, 1.54) is 0 Å². The van der Waals surface area contributed by atoms with Gasteiger partial charge in [-0.15, -0.1) is 0 Å². The first-order valence-corrected chi connectivity index (χ1v) is 38.2. The van der Waals surface area contributed by atoms with Gasteiger partial charge in [0.1, 0.15) is 48.4 Å². The zero-order chi connectivity index (χ0) is 38.1. The van der Waals surface area contributed by atoms with Gasteiger partial charge in [0.25, 0.3) is 0 Å². The van der Waals surface area contributed by atoms with Crippen LogP contribution in [0.1, 0.15) is 33.4 Å². The lowest BCUT2D eigenvalue weighted by molar-refractivity contribution is 1.63. The van der Waals surface area contributed by atoms with Gasteiger partial charge < -0.3 is 0 Å². The van der Waals surface area contributed by atoms with Crippen molar-refractivity contribution in [2.75, 3.05) is 0 Å². The molecule has 0 amide bonds. The highest BCUT2D eigenvalue weighted by Gasteiger charge is 2.56. The van der Waals surface area contributed by atoms with Crippen LogP contribution in [0.2, 0.25) is 78.6 Å². The number of hydrogen-bond donors (Lipinski definition) is 0. The molecule has 6 heterocycles. The van der Waals surface area contributed by atoms with Gasteiger partial charge in [0.15, 0.2) is 0 Å². The Bertz CT molecular complexity index is 2480. The van der Waals surface area contributed by atoms with Gasteiger partial charge in [-0.1, -0.05) is 188 Å². The molecule has 5 aromatic rings. The van der Waals surface area contributed by atoms with Gasteiger partial charge in [0.05, 0.1) is 0 Å². The van der Waals surface area contributed by atoms with Crippen molar-refractivity contribution in [2.45, 2.75) is 78.6 Å². The Labute approximate surface area is 329 Å². The molecule has 0 atom stereocenters. The SMILES string of the molecule is C[Si]1(C)C2=C(c3ccccc31)[Si](C)(C)c1cc3c(cc12)[Si](C)(C)C1=C3[Si](C)(C)c2ccccc21.C[Si]1(C)C2=C(c3ccccc31)[Si](C)(C)c1ccccc12. The highest BCUT2D eigenvalue weighted by atomic mass is 28.3. The van der Waals surface area contributed by atoms with Gasteiger partial charge in [-0.3, -0.25) is 0 Å². The maximum atomic E-state index is 2.75. The average Bonchev–Trinajstić information content (AvgIpc) is 3.85. The van der Waals surface area contributed by atoms with E-state index in [0.717, 1.165) is 0 Å². The zero-order valence-electron chi connectivity index (χ0n) is 34.4. The molecule has 270 valence electrons. The first-order chi connectivity index (χ1) is 25.4. The zero-order valence-corrected chi connectivity index (χ0v) is 40.4. The Morgan fingerprint density at radius 3 is 0.648 bits per heavy atom. The van der Waals surface area contributed by atoms with Crippen LogP contribution in [0.4, 0.5) is 0 Å². The van der Waals surface area contributed by atoms with Crippen LogP contribution in [0.5, 0.6) is 0 Å². The summed E-state index contributed by atoms with van der Waals surface area (Å²) < 4.78 is 0. The minimum atomic E-state index is -1.77. The predicted octanol–water partition coefficient (Wildman–Crippen LogP) is 8.91. The second-order valence-electron chi connectivity index (χ2n) is 20.1. The number of rotatable bonds is 0. The molecular formula is C48H54Si6. The third-order valence-electron chi connectivity index (χ3n) is 15.0. The maximum absolute atomic E-state index is 2.75. The molecule has 0 fully saturated rings. The van der Waals surface area contributed by atoms with Crippen LogP contribution in [0, 0.1) is 0 Å². The highest BCUT2D eigenvalue weighted by molar-refractivity contribution is 7.22. The van der Waals surface area contributed by atoms with Crippen molar-refractivity contribution in [3.8, 4) is 0 Å². The Balaban J connectivity index is 0.000000153. The quantitative estimate of drug-likeness (QED) is 0.137. The summed E-state index contributed by atoms with van der Waals surface area (Å²) in [6.07, 6.45) is 0. The lowest BCUT2D eigenvalue weighted by Crippen LogP contribution is -2.49. The Morgan fingerprint density at radius 1 is 0.222 bits per heavy atom. The van der Waals surface area contributed by atoms with Crippen molar-refractivity contribution >= 4 is 111 Å². The van der Waals surface area contributed by atoms with Crippen LogP contribution < -0.4 is 31.1 Å². The van der Waals surface area contributed by atoms with Crippen molar-refractivity contribution < 1.29 is 0 Å². The van der Waals surface area contributed by atoms with Crippen molar-refractivity contribution in [1.29, 1.82) is 0 Å². The van der Waals surface area contributed by atoms with E-state index in [1.54, 1.807) is 95.7 Å². The van der Waals surface area contributed by atoms with Crippen LogP contribution in [-0.2, 0) is 0 Å². The molecule has 11 rings (SSSR count). The van der Waals surface area contributed by atoms with E-state index in [1.807, 2.05) is 0 Å². The van der Waals surface area contributed by atoms with Gasteiger partial charge >= 0.3 is 0 Å². The van der Waals surface area contributed by atoms with Gasteiger partial charge in [0, 0.05) is 0 Å². The first-order valence-electron chi connectivity index (χ1n) is 20.2. The molecule has 0 saturated heterocycles. The summed E-state index contributed by atoms with van der Waals surface area (Å²) in [5.74, 6) is 0. The second-order valence-corrected chi connectivity index (χ2v) is 45.9. The summed E-state index contributed by atoms with van der Waals surface area (Å²) in [7, 11) is -9.97. The molecule has 0 bridgehead atoms. The summed E-state index contributed by atoms with van der Waals surface area (Å²) in [6, 6.07) is 42.7. The Kier molecular flexibility index (Phi) is 6.96. The molecule has 6 aliphatic rings. The molecule has 0 N–H and O–H groups in total. The molecule has 6 heteroatoms. The number of fused-ring (bicyclic) bond motifs is 12. The van der Waals surface area contributed by atoms with Crippen molar-refractivity contribution in [2.24, 2.45) is 0 Å². The highest BCUT2D eigenvalue weighted by Crippen LogP contribution is 2.53. The molecule has 5 aromatic carbocycles. The molecule has 0 saturated carbocycles. The molecule has 0 aliphatic carbocycles. The molecule has 6 aliphatic heterocycles. The van der Waals surface area contributed by atoms with Crippen LogP contribution in [-0.4, -0.2) is 48.4 Å². The molecule has 0 radical (unpaired) electrons. The fourth-order valence-corrected chi connectivity index (χ4v) is 38.7. The van der Waals surface area contributed by atoms with E-state index in [0.29, 0.717) is 0 Å². The Morgan fingerprint density at radius 2 is 0.407 bits per heavy atom. The van der Waals surface area contributed by atoms with E-state index >= 15 is 0 Å². The number of benzene rings is 5. The van der Waals surface area contributed by atoms with E-state index in [2.05, 4.69) is 188 Å². The molecule has 0 aromatic heterocycles. The standard InChI is InChI=1S/C30H34Si4.C18H20Si2/c1-31(2)23-15-11-9-13-19(23)27-29(31)21-17-26-22(18-25(21)33(27,5)6)30-28(34(26,7)8)20-14-10-12-16-24(20)32(30,3)4;1-19(2)15-11-7-5-9-13(15)18-17(19)14-10-6-8-12-16(14)20(18,3)4/h9-18H,1-8H3;5-12H,1-4H3. The van der Waals surface area contributed by atoms with Gasteiger partial charge in [-0.25, -0.2) is 0 Å². The molecular weight excluding hydrogens is 745 g/mol. The molecule has 0 unspecified atom stereocenters. The third-order valence-corrected chi connectivity index (χ3v) is 37.0. The summed E-state index contributed by atoms with van der Waals surface area (Å²) in [4.78, 5) is 0. The van der Waals surface area contributed by atoms with E-state index in [9.17, 15) is 0 Å². The second kappa shape index (κ2) is 10.7. The largest absolute Gasteiger partial charge is 0.113 e. The average molecular weight is 799 g/mol. The van der Waals surface area contributed by atoms with Crippen molar-refractivity contribution in [1.82, 2.24) is 0 Å². The normalized spacial score (nSPS) is 22.0. The Hall–Kier alpha value is -3.38. The summed E-state index contributed by atoms with van der Waals surface area (Å²) in [5, 5.41) is 20.7. The van der Waals surface area contributed by atoms with E-state index < -0.39 is 48.4 Å². The lowest BCUT2D eigenvalue weighted by atomic mass is 10.1. The van der Waals surface area contributed by atoms with E-state index in [4.69, 9.17) is 0 Å². The third kappa shape index (κ3) is 4.07. The summed E-state index contributed by atoms with van der Waals surface area (Å²) >= 11 is 0. The number of hydrogen-bond acceptors (Lipinski definition) is 0. The van der Waals surface area contributed by atoms with Crippen LogP contribution in [0.15, 0.2) is 109 Å². The minimum Gasteiger partial charge on any atom is -0.0623 e.